The molecular formula is C29H34O7. The number of aliphatic carboxylic acids is 1. The van der Waals surface area contributed by atoms with Gasteiger partial charge in [-0.25, -0.2) is 4.79 Å². The third-order valence-corrected chi connectivity index (χ3v) is 6.52. The molecule has 0 heterocycles. The first-order chi connectivity index (χ1) is 17.1. The average Bonchev–Trinajstić information content (AvgIpc) is 3.14. The van der Waals surface area contributed by atoms with E-state index in [2.05, 4.69) is 0 Å². The number of hydrogen-bond acceptors (Lipinski definition) is 6. The summed E-state index contributed by atoms with van der Waals surface area (Å²) in [4.78, 5) is 37.1. The van der Waals surface area contributed by atoms with E-state index in [0.717, 1.165) is 17.5 Å². The molecule has 1 saturated carbocycles. The van der Waals surface area contributed by atoms with Gasteiger partial charge in [-0.3, -0.25) is 9.59 Å². The predicted molar refractivity (Wildman–Crippen MR) is 135 cm³/mol. The molecule has 1 aliphatic carbocycles. The van der Waals surface area contributed by atoms with Crippen molar-refractivity contribution in [3.05, 3.63) is 72.3 Å². The van der Waals surface area contributed by atoms with Crippen LogP contribution in [-0.2, 0) is 19.1 Å². The summed E-state index contributed by atoms with van der Waals surface area (Å²) in [6.45, 7) is 5.72. The van der Waals surface area contributed by atoms with E-state index in [0.29, 0.717) is 12.2 Å². The second-order valence-corrected chi connectivity index (χ2v) is 9.61. The number of rotatable bonds is 11. The SMILES string of the molecule is CCCOC(C)(C)C(=O)C=C[C@H]1[C@H](CC(=O)O)[C@H](O)C[C@@H]1OC(=O)c1ccc(-c2ccccc2)cc1. The van der Waals surface area contributed by atoms with Gasteiger partial charge < -0.3 is 19.7 Å². The molecule has 7 nitrogen and oxygen atoms in total. The molecule has 4 atom stereocenters. The minimum Gasteiger partial charge on any atom is -0.481 e. The van der Waals surface area contributed by atoms with Crippen LogP contribution >= 0.6 is 0 Å². The van der Waals surface area contributed by atoms with Gasteiger partial charge in [0.1, 0.15) is 11.7 Å². The highest BCUT2D eigenvalue weighted by molar-refractivity contribution is 5.96. The molecule has 192 valence electrons. The number of aliphatic hydroxyl groups is 1. The zero-order valence-corrected chi connectivity index (χ0v) is 20.9. The maximum Gasteiger partial charge on any atom is 0.338 e. The van der Waals surface area contributed by atoms with E-state index in [-0.39, 0.29) is 18.6 Å². The van der Waals surface area contributed by atoms with Crippen molar-refractivity contribution in [1.29, 1.82) is 0 Å². The van der Waals surface area contributed by atoms with E-state index in [1.165, 1.54) is 6.08 Å². The topological polar surface area (TPSA) is 110 Å². The second kappa shape index (κ2) is 12.1. The molecule has 0 unspecified atom stereocenters. The second-order valence-electron chi connectivity index (χ2n) is 9.61. The molecular weight excluding hydrogens is 460 g/mol. The van der Waals surface area contributed by atoms with Crippen molar-refractivity contribution in [3.8, 4) is 11.1 Å². The molecule has 7 heteroatoms. The Bertz CT molecular complexity index is 1070. The van der Waals surface area contributed by atoms with Gasteiger partial charge in [0.05, 0.1) is 18.1 Å². The van der Waals surface area contributed by atoms with Crippen molar-refractivity contribution in [2.75, 3.05) is 6.61 Å². The van der Waals surface area contributed by atoms with Crippen molar-refractivity contribution in [2.45, 2.75) is 57.8 Å². The number of carboxylic acid groups (broad SMARTS) is 1. The minimum atomic E-state index is -1.07. The third kappa shape index (κ3) is 6.89. The van der Waals surface area contributed by atoms with E-state index in [9.17, 15) is 24.6 Å². The largest absolute Gasteiger partial charge is 0.481 e. The first-order valence-corrected chi connectivity index (χ1v) is 12.2. The van der Waals surface area contributed by atoms with Gasteiger partial charge in [-0.2, -0.15) is 0 Å². The van der Waals surface area contributed by atoms with Gasteiger partial charge in [-0.05, 0) is 49.6 Å². The van der Waals surface area contributed by atoms with E-state index < -0.39 is 41.6 Å². The van der Waals surface area contributed by atoms with Crippen LogP contribution in [0.3, 0.4) is 0 Å². The Morgan fingerprint density at radius 1 is 1.03 bits per heavy atom. The molecule has 0 spiro atoms. The Morgan fingerprint density at radius 2 is 1.67 bits per heavy atom. The van der Waals surface area contributed by atoms with Crippen molar-refractivity contribution in [3.63, 3.8) is 0 Å². The highest BCUT2D eigenvalue weighted by Gasteiger charge is 2.44. The molecule has 0 aromatic heterocycles. The van der Waals surface area contributed by atoms with Crippen molar-refractivity contribution < 1.29 is 34.1 Å². The Balaban J connectivity index is 1.76. The van der Waals surface area contributed by atoms with Gasteiger partial charge in [0, 0.05) is 24.9 Å². The van der Waals surface area contributed by atoms with Crippen LogP contribution in [0.15, 0.2) is 66.7 Å². The van der Waals surface area contributed by atoms with Gasteiger partial charge in [-0.15, -0.1) is 0 Å². The highest BCUT2D eigenvalue weighted by atomic mass is 16.5. The summed E-state index contributed by atoms with van der Waals surface area (Å²) < 4.78 is 11.4. The van der Waals surface area contributed by atoms with Crippen LogP contribution < -0.4 is 0 Å². The maximum absolute atomic E-state index is 12.9. The van der Waals surface area contributed by atoms with Crippen LogP contribution in [-0.4, -0.2) is 52.4 Å². The van der Waals surface area contributed by atoms with Crippen molar-refractivity contribution in [2.24, 2.45) is 11.8 Å². The average molecular weight is 495 g/mol. The molecule has 0 amide bonds. The summed E-state index contributed by atoms with van der Waals surface area (Å²) in [6, 6.07) is 16.8. The van der Waals surface area contributed by atoms with Gasteiger partial charge in [0.15, 0.2) is 5.78 Å². The summed E-state index contributed by atoms with van der Waals surface area (Å²) in [5, 5.41) is 19.9. The summed E-state index contributed by atoms with van der Waals surface area (Å²) in [7, 11) is 0. The van der Waals surface area contributed by atoms with Crippen LogP contribution in [0.1, 0.15) is 50.4 Å². The molecule has 3 rings (SSSR count). The van der Waals surface area contributed by atoms with Gasteiger partial charge in [0.2, 0.25) is 0 Å². The Hall–Kier alpha value is -3.29. The molecule has 2 aromatic carbocycles. The van der Waals surface area contributed by atoms with Crippen LogP contribution in [0.4, 0.5) is 0 Å². The van der Waals surface area contributed by atoms with Crippen molar-refractivity contribution in [1.82, 2.24) is 0 Å². The summed E-state index contributed by atoms with van der Waals surface area (Å²) >= 11 is 0. The maximum atomic E-state index is 12.9. The molecule has 0 aliphatic heterocycles. The van der Waals surface area contributed by atoms with Gasteiger partial charge >= 0.3 is 11.9 Å². The smallest absolute Gasteiger partial charge is 0.338 e. The molecule has 36 heavy (non-hydrogen) atoms. The Kier molecular flexibility index (Phi) is 9.18. The quantitative estimate of drug-likeness (QED) is 0.345. The lowest BCUT2D eigenvalue weighted by atomic mass is 9.89. The molecule has 1 aliphatic rings. The number of aliphatic hydroxyl groups excluding tert-OH is 1. The summed E-state index contributed by atoms with van der Waals surface area (Å²) in [5.41, 5.74) is 1.28. The standard InChI is InChI=1S/C29H34O7/c1-4-16-35-29(2,3)26(31)15-14-22-23(17-27(32)33)24(30)18-25(22)36-28(34)21-12-10-20(11-13-21)19-8-6-5-7-9-19/h5-15,22-25,30H,4,16-18H2,1-3H3,(H,32,33)/t22-,23-,24+,25-/m0/s1. The molecule has 2 aromatic rings. The highest BCUT2D eigenvalue weighted by Crippen LogP contribution is 2.38. The summed E-state index contributed by atoms with van der Waals surface area (Å²) in [5.74, 6) is -3.25. The molecule has 0 saturated heterocycles. The minimum absolute atomic E-state index is 0.0880. The lowest BCUT2D eigenvalue weighted by molar-refractivity contribution is -0.139. The lowest BCUT2D eigenvalue weighted by Gasteiger charge is -2.24. The van der Waals surface area contributed by atoms with Crippen LogP contribution in [0.25, 0.3) is 11.1 Å². The fraction of sp³-hybridized carbons (Fsp3) is 0.414. The van der Waals surface area contributed by atoms with Crippen LogP contribution in [0.2, 0.25) is 0 Å². The van der Waals surface area contributed by atoms with Crippen LogP contribution in [0, 0.1) is 11.8 Å². The number of ketones is 1. The first kappa shape index (κ1) is 27.3. The number of esters is 1. The predicted octanol–water partition coefficient (Wildman–Crippen LogP) is 4.68. The van der Waals surface area contributed by atoms with Gasteiger partial charge in [-0.1, -0.05) is 55.5 Å². The molecule has 0 radical (unpaired) electrons. The number of carboxylic acids is 1. The van der Waals surface area contributed by atoms with Crippen LogP contribution in [0.5, 0.6) is 0 Å². The first-order valence-electron chi connectivity index (χ1n) is 12.2. The molecule has 1 fully saturated rings. The number of ether oxygens (including phenoxy) is 2. The van der Waals surface area contributed by atoms with E-state index >= 15 is 0 Å². The normalized spacial score (nSPS) is 22.0. The third-order valence-electron chi connectivity index (χ3n) is 6.52. The number of carbonyl (C=O) groups excluding carboxylic acids is 2. The van der Waals surface area contributed by atoms with E-state index in [1.54, 1.807) is 32.1 Å². The number of carbonyl (C=O) groups is 3. The van der Waals surface area contributed by atoms with E-state index in [4.69, 9.17) is 9.47 Å². The lowest BCUT2D eigenvalue weighted by Crippen LogP contribution is -2.34. The summed E-state index contributed by atoms with van der Waals surface area (Å²) in [6.07, 6.45) is 1.70. The van der Waals surface area contributed by atoms with Crippen molar-refractivity contribution >= 4 is 17.7 Å². The Morgan fingerprint density at radius 3 is 2.28 bits per heavy atom. The monoisotopic (exact) mass is 494 g/mol. The van der Waals surface area contributed by atoms with E-state index in [1.807, 2.05) is 49.4 Å². The number of hydrogen-bond donors (Lipinski definition) is 2. The molecule has 0 bridgehead atoms. The van der Waals surface area contributed by atoms with Gasteiger partial charge in [0.25, 0.3) is 0 Å². The molecule has 2 N–H and O–H groups in total. The fourth-order valence-electron chi connectivity index (χ4n) is 4.43. The fourth-order valence-corrected chi connectivity index (χ4v) is 4.43. The zero-order chi connectivity index (χ0) is 26.3. The Labute approximate surface area is 211 Å². The number of benzene rings is 2. The zero-order valence-electron chi connectivity index (χ0n) is 20.9.